The van der Waals surface area contributed by atoms with Crippen molar-refractivity contribution in [1.82, 2.24) is 9.55 Å². The number of nitrogens with zero attached hydrogens (tertiary/aromatic N) is 2. The molecular weight excluding hydrogens is 579 g/mol. The van der Waals surface area contributed by atoms with Crippen LogP contribution in [0.1, 0.15) is 44.1 Å². The zero-order valence-electron chi connectivity index (χ0n) is 21.6. The summed E-state index contributed by atoms with van der Waals surface area (Å²) in [6.45, 7) is 4.89. The molecule has 1 heterocycles. The normalized spacial score (nSPS) is 12.1. The minimum atomic E-state index is -3.37. The highest BCUT2D eigenvalue weighted by molar-refractivity contribution is 7.91. The molecule has 1 N–H and O–H groups in total. The average Bonchev–Trinajstić information content (AvgIpc) is 3.31. The molecule has 0 unspecified atom stereocenters. The van der Waals surface area contributed by atoms with Crippen molar-refractivity contribution < 1.29 is 18.3 Å². The lowest BCUT2D eigenvalue weighted by Gasteiger charge is -2.15. The van der Waals surface area contributed by atoms with Gasteiger partial charge in [0.1, 0.15) is 11.5 Å². The predicted molar refractivity (Wildman–Crippen MR) is 157 cm³/mol. The third kappa shape index (κ3) is 6.56. The molecule has 0 radical (unpaired) electrons. The summed E-state index contributed by atoms with van der Waals surface area (Å²) in [5.41, 5.74) is 1.57. The van der Waals surface area contributed by atoms with E-state index in [2.05, 4.69) is 4.98 Å². The Morgan fingerprint density at radius 1 is 0.949 bits per heavy atom. The second-order valence-electron chi connectivity index (χ2n) is 9.75. The highest BCUT2D eigenvalue weighted by Gasteiger charge is 2.23. The summed E-state index contributed by atoms with van der Waals surface area (Å²) >= 11 is 19.8. The van der Waals surface area contributed by atoms with Gasteiger partial charge in [0.15, 0.2) is 15.6 Å². The van der Waals surface area contributed by atoms with Crippen LogP contribution in [0.5, 0.6) is 0 Å². The molecular formula is C29H27Cl3N2O4S. The van der Waals surface area contributed by atoms with Gasteiger partial charge in [-0.05, 0) is 67.8 Å². The van der Waals surface area contributed by atoms with Crippen molar-refractivity contribution in [3.05, 3.63) is 87.6 Å². The quantitative estimate of drug-likeness (QED) is 0.198. The summed E-state index contributed by atoms with van der Waals surface area (Å²) < 4.78 is 26.4. The fraction of sp³-hybridized carbons (Fsp3) is 0.241. The summed E-state index contributed by atoms with van der Waals surface area (Å²) in [4.78, 5) is 17.8. The van der Waals surface area contributed by atoms with Crippen LogP contribution in [0.4, 0.5) is 0 Å². The van der Waals surface area contributed by atoms with Gasteiger partial charge in [0.2, 0.25) is 0 Å². The number of hydrogen-bond donors (Lipinski definition) is 1. The Bertz CT molecular complexity index is 1640. The fourth-order valence-corrected chi connectivity index (χ4v) is 5.81. The van der Waals surface area contributed by atoms with E-state index in [1.165, 1.54) is 0 Å². The number of carbonyl (C=O) groups is 1. The molecule has 0 atom stereocenters. The molecule has 6 nitrogen and oxygen atoms in total. The zero-order valence-corrected chi connectivity index (χ0v) is 24.7. The van der Waals surface area contributed by atoms with Crippen molar-refractivity contribution >= 4 is 50.4 Å². The molecule has 0 saturated heterocycles. The molecule has 1 aromatic heterocycles. The maximum Gasteiger partial charge on any atom is 0.182 e. The number of Topliss-reactive ketones (excluding diaryl/α,β-unsaturated/α-hetero) is 1. The number of halogens is 3. The van der Waals surface area contributed by atoms with Crippen molar-refractivity contribution in [3.8, 4) is 28.2 Å². The van der Waals surface area contributed by atoms with Crippen molar-refractivity contribution in [2.45, 2.75) is 44.1 Å². The lowest BCUT2D eigenvalue weighted by atomic mass is 10.0. The van der Waals surface area contributed by atoms with E-state index in [0.717, 1.165) is 5.56 Å². The molecule has 4 rings (SSSR count). The van der Waals surface area contributed by atoms with Gasteiger partial charge in [0, 0.05) is 12.6 Å². The molecule has 0 aliphatic rings. The van der Waals surface area contributed by atoms with Crippen LogP contribution in [-0.4, -0.2) is 40.2 Å². The Hall–Kier alpha value is -2.68. The number of ketones is 1. The lowest BCUT2D eigenvalue weighted by Crippen LogP contribution is -2.20. The van der Waals surface area contributed by atoms with Crippen LogP contribution in [0.3, 0.4) is 0 Å². The Kier molecular flexibility index (Phi) is 8.59. The predicted octanol–water partition coefficient (Wildman–Crippen LogP) is 7.69. The Labute approximate surface area is 243 Å². The largest absolute Gasteiger partial charge is 0.390 e. The van der Waals surface area contributed by atoms with E-state index in [1.807, 2.05) is 12.1 Å². The van der Waals surface area contributed by atoms with Crippen LogP contribution in [0.15, 0.2) is 71.8 Å². The monoisotopic (exact) mass is 604 g/mol. The topological polar surface area (TPSA) is 89.3 Å². The summed E-state index contributed by atoms with van der Waals surface area (Å²) in [7, 11) is -3.37. The van der Waals surface area contributed by atoms with E-state index in [0.29, 0.717) is 37.7 Å². The van der Waals surface area contributed by atoms with Gasteiger partial charge in [-0.2, -0.15) is 0 Å². The van der Waals surface area contributed by atoms with Crippen LogP contribution < -0.4 is 0 Å². The first-order chi connectivity index (χ1) is 18.3. The third-order valence-corrected chi connectivity index (χ3v) is 8.92. The lowest BCUT2D eigenvalue weighted by molar-refractivity contribution is 0.0631. The van der Waals surface area contributed by atoms with E-state index in [4.69, 9.17) is 34.8 Å². The Morgan fingerprint density at radius 2 is 1.59 bits per heavy atom. The van der Waals surface area contributed by atoms with Crippen molar-refractivity contribution in [3.63, 3.8) is 0 Å². The fourth-order valence-electron chi connectivity index (χ4n) is 4.05. The van der Waals surface area contributed by atoms with E-state index < -0.39 is 15.4 Å². The molecule has 0 spiro atoms. The first-order valence-corrected chi connectivity index (χ1v) is 15.0. The number of aliphatic hydroxyl groups is 1. The van der Waals surface area contributed by atoms with E-state index in [-0.39, 0.29) is 35.0 Å². The molecule has 0 fully saturated rings. The second-order valence-corrected chi connectivity index (χ2v) is 13.2. The van der Waals surface area contributed by atoms with Gasteiger partial charge < -0.3 is 5.11 Å². The molecule has 39 heavy (non-hydrogen) atoms. The van der Waals surface area contributed by atoms with Gasteiger partial charge in [-0.1, -0.05) is 66.0 Å². The summed E-state index contributed by atoms with van der Waals surface area (Å²) in [6, 6.07) is 17.1. The van der Waals surface area contributed by atoms with Gasteiger partial charge in [-0.15, -0.1) is 0 Å². The first kappa shape index (κ1) is 29.3. The van der Waals surface area contributed by atoms with Crippen LogP contribution in [0.2, 0.25) is 15.1 Å². The summed E-state index contributed by atoms with van der Waals surface area (Å²) in [5, 5.41) is 11.1. The number of rotatable bonds is 9. The summed E-state index contributed by atoms with van der Waals surface area (Å²) in [6.07, 6.45) is 1.94. The van der Waals surface area contributed by atoms with Crippen LogP contribution in [0, 0.1) is 0 Å². The molecule has 0 aliphatic heterocycles. The number of carbonyl (C=O) groups excluding carboxylic acids is 1. The van der Waals surface area contributed by atoms with E-state index >= 15 is 0 Å². The SMILES string of the molecule is CCS(=O)(=O)c1cccc(-c2ccc(-n3cc(C(=O)CCC(C)(C)O)nc3-c3c(Cl)cccc3Cl)c(Cl)c2)c1. The van der Waals surface area contributed by atoms with Gasteiger partial charge >= 0.3 is 0 Å². The van der Waals surface area contributed by atoms with Gasteiger partial charge in [-0.3, -0.25) is 9.36 Å². The molecule has 4 aromatic rings. The average molecular weight is 606 g/mol. The van der Waals surface area contributed by atoms with Crippen LogP contribution in [-0.2, 0) is 9.84 Å². The highest BCUT2D eigenvalue weighted by Crippen LogP contribution is 2.38. The van der Waals surface area contributed by atoms with Gasteiger partial charge in [-0.25, -0.2) is 13.4 Å². The number of sulfone groups is 1. The molecule has 10 heteroatoms. The minimum absolute atomic E-state index is 0.00101. The molecule has 3 aromatic carbocycles. The molecule has 0 bridgehead atoms. The van der Waals surface area contributed by atoms with E-state index in [1.54, 1.807) is 80.1 Å². The van der Waals surface area contributed by atoms with Crippen LogP contribution in [0.25, 0.3) is 28.2 Å². The number of benzene rings is 3. The standard InChI is InChI=1S/C29H27Cl3N2O4S/c1-4-39(37,38)20-8-5-7-18(15-20)19-11-12-25(23(32)16-19)34-17-24(26(35)13-14-29(2,3)36)33-28(34)27-21(30)9-6-10-22(27)31/h5-12,15-17,36H,4,13-14H2,1-3H3. The summed E-state index contributed by atoms with van der Waals surface area (Å²) in [5.74, 6) is 0.0889. The van der Waals surface area contributed by atoms with Crippen LogP contribution >= 0.6 is 34.8 Å². The maximum absolute atomic E-state index is 13.0. The number of aromatic nitrogens is 2. The number of imidazole rings is 1. The van der Waals surface area contributed by atoms with Crippen molar-refractivity contribution in [2.75, 3.05) is 5.75 Å². The van der Waals surface area contributed by atoms with E-state index in [9.17, 15) is 18.3 Å². The maximum atomic E-state index is 13.0. The minimum Gasteiger partial charge on any atom is -0.390 e. The number of hydrogen-bond acceptors (Lipinski definition) is 5. The molecule has 0 amide bonds. The van der Waals surface area contributed by atoms with Gasteiger partial charge in [0.05, 0.1) is 42.6 Å². The Balaban J connectivity index is 1.82. The zero-order chi connectivity index (χ0) is 28.5. The van der Waals surface area contributed by atoms with Crippen molar-refractivity contribution in [2.24, 2.45) is 0 Å². The Morgan fingerprint density at radius 3 is 2.21 bits per heavy atom. The highest BCUT2D eigenvalue weighted by atomic mass is 35.5. The smallest absolute Gasteiger partial charge is 0.182 e. The molecule has 0 saturated carbocycles. The second kappa shape index (κ2) is 11.4. The first-order valence-electron chi connectivity index (χ1n) is 12.2. The van der Waals surface area contributed by atoms with Gasteiger partial charge in [0.25, 0.3) is 0 Å². The van der Waals surface area contributed by atoms with Crippen molar-refractivity contribution in [1.29, 1.82) is 0 Å². The molecule has 0 aliphatic carbocycles. The molecule has 204 valence electrons. The third-order valence-electron chi connectivity index (χ3n) is 6.26.